The molecule has 0 unspecified atom stereocenters. The number of carbonyl (C=O) groups excluding carboxylic acids is 1. The summed E-state index contributed by atoms with van der Waals surface area (Å²) in [5.74, 6) is -1.15. The van der Waals surface area contributed by atoms with Gasteiger partial charge >= 0.3 is 5.97 Å². The average molecular weight is 813 g/mol. The Kier molecular flexibility index (Phi) is 13.5. The number of nitrogens with two attached hydrogens (primary N) is 1. The number of nitriles is 2. The van der Waals surface area contributed by atoms with Crippen LogP contribution in [0.25, 0.3) is 0 Å². The third-order valence-corrected chi connectivity index (χ3v) is 11.5. The van der Waals surface area contributed by atoms with Crippen LogP contribution in [0.2, 0.25) is 25.7 Å². The average Bonchev–Trinajstić information content (AvgIpc) is 4.06. The van der Waals surface area contributed by atoms with Gasteiger partial charge in [0.25, 0.3) is 5.91 Å². The van der Waals surface area contributed by atoms with E-state index in [0.717, 1.165) is 84.8 Å². The maximum Gasteiger partial charge on any atom is 0.356 e. The van der Waals surface area contributed by atoms with Crippen molar-refractivity contribution < 1.29 is 19.4 Å². The SMILES string of the molecule is C[Si](C)(C)CCOCn1nc(C(=O)O)c2c1CCC2.N#Cc1cccc(Cn2cc(N)cn2)c1.N#Cc1cccc(Cn2cc(NC(=O)c3n[nH]c4c3CCC4)cn2)c1. The molecular weight excluding hydrogens is 765 g/mol. The Morgan fingerprint density at radius 3 is 2.17 bits per heavy atom. The number of hydrogen-bond acceptors (Lipinski definition) is 10. The van der Waals surface area contributed by atoms with Crippen molar-refractivity contribution in [1.82, 2.24) is 39.5 Å². The summed E-state index contributed by atoms with van der Waals surface area (Å²) >= 11 is 0. The molecule has 2 aliphatic rings. The quantitative estimate of drug-likeness (QED) is 0.0823. The maximum absolute atomic E-state index is 12.4. The second-order valence-corrected chi connectivity index (χ2v) is 21.3. The lowest BCUT2D eigenvalue weighted by atomic mass is 10.1. The zero-order valence-corrected chi connectivity index (χ0v) is 34.5. The maximum atomic E-state index is 12.4. The van der Waals surface area contributed by atoms with Crippen LogP contribution in [0.5, 0.6) is 0 Å². The highest BCUT2D eigenvalue weighted by Gasteiger charge is 2.26. The lowest BCUT2D eigenvalue weighted by molar-refractivity contribution is 0.0667. The summed E-state index contributed by atoms with van der Waals surface area (Å²) in [6.07, 6.45) is 12.4. The van der Waals surface area contributed by atoms with Crippen LogP contribution < -0.4 is 11.1 Å². The summed E-state index contributed by atoms with van der Waals surface area (Å²) in [6, 6.07) is 20.2. The van der Waals surface area contributed by atoms with E-state index in [-0.39, 0.29) is 11.6 Å². The minimum Gasteiger partial charge on any atom is -0.476 e. The normalized spacial score (nSPS) is 12.6. The molecule has 0 spiro atoms. The molecule has 0 atom stereocenters. The molecule has 8 rings (SSSR count). The van der Waals surface area contributed by atoms with Gasteiger partial charge in [-0.15, -0.1) is 0 Å². The zero-order valence-electron chi connectivity index (χ0n) is 33.5. The molecule has 2 aromatic carbocycles. The lowest BCUT2D eigenvalue weighted by Crippen LogP contribution is -2.22. The number of rotatable bonds is 12. The van der Waals surface area contributed by atoms with Crippen molar-refractivity contribution in [3.8, 4) is 12.1 Å². The van der Waals surface area contributed by atoms with Gasteiger partial charge in [-0.3, -0.25) is 19.3 Å². The number of H-pyrrole nitrogens is 1. The first-order valence-corrected chi connectivity index (χ1v) is 23.2. The van der Waals surface area contributed by atoms with Gasteiger partial charge in [-0.2, -0.15) is 30.9 Å². The van der Waals surface area contributed by atoms with E-state index in [1.54, 1.807) is 51.0 Å². The highest BCUT2D eigenvalue weighted by molar-refractivity contribution is 6.76. The summed E-state index contributed by atoms with van der Waals surface area (Å²) in [4.78, 5) is 23.5. The molecule has 0 fully saturated rings. The summed E-state index contributed by atoms with van der Waals surface area (Å²) in [7, 11) is -1.08. The number of aryl methyl sites for hydroxylation is 1. The second kappa shape index (κ2) is 19.1. The molecule has 1 amide bonds. The first-order valence-electron chi connectivity index (χ1n) is 19.4. The third kappa shape index (κ3) is 11.4. The van der Waals surface area contributed by atoms with Crippen molar-refractivity contribution in [3.63, 3.8) is 0 Å². The van der Waals surface area contributed by atoms with Crippen molar-refractivity contribution >= 4 is 31.3 Å². The summed E-state index contributed by atoms with van der Waals surface area (Å²) in [5.41, 5.74) is 14.8. The van der Waals surface area contributed by atoms with Crippen molar-refractivity contribution in [2.45, 2.75) is 84.0 Å². The van der Waals surface area contributed by atoms with Crippen LogP contribution in [-0.2, 0) is 50.2 Å². The molecule has 17 heteroatoms. The molecule has 0 aliphatic heterocycles. The molecular formula is C42H48N12O4Si. The molecule has 0 radical (unpaired) electrons. The van der Waals surface area contributed by atoms with Crippen LogP contribution in [0.3, 0.4) is 0 Å². The number of amides is 1. The molecule has 6 aromatic rings. The Labute approximate surface area is 343 Å². The van der Waals surface area contributed by atoms with Crippen LogP contribution in [-0.4, -0.2) is 71.2 Å². The third-order valence-electron chi connectivity index (χ3n) is 9.79. The summed E-state index contributed by atoms with van der Waals surface area (Å²) in [5, 5.41) is 49.3. The van der Waals surface area contributed by atoms with Crippen LogP contribution in [0, 0.1) is 22.7 Å². The summed E-state index contributed by atoms with van der Waals surface area (Å²) in [6.45, 7) is 9.20. The van der Waals surface area contributed by atoms with Gasteiger partial charge in [0.2, 0.25) is 0 Å². The molecule has 0 saturated heterocycles. The van der Waals surface area contributed by atoms with Crippen molar-refractivity contribution in [2.24, 2.45) is 0 Å². The Morgan fingerprint density at radius 1 is 0.898 bits per heavy atom. The van der Waals surface area contributed by atoms with Gasteiger partial charge in [0.1, 0.15) is 6.73 Å². The molecule has 0 bridgehead atoms. The van der Waals surface area contributed by atoms with Crippen LogP contribution in [0.15, 0.2) is 73.3 Å². The van der Waals surface area contributed by atoms with E-state index in [2.05, 4.69) is 62.6 Å². The monoisotopic (exact) mass is 812 g/mol. The largest absolute Gasteiger partial charge is 0.476 e. The topological polar surface area (TPSA) is 231 Å². The number of nitrogens with one attached hydrogen (secondary N) is 2. The van der Waals surface area contributed by atoms with Gasteiger partial charge in [-0.25, -0.2) is 9.48 Å². The Bertz CT molecular complexity index is 2490. The number of hydrogen-bond donors (Lipinski definition) is 4. The molecule has 16 nitrogen and oxygen atoms in total. The fourth-order valence-corrected chi connectivity index (χ4v) is 7.60. The van der Waals surface area contributed by atoms with E-state index in [9.17, 15) is 9.59 Å². The first-order chi connectivity index (χ1) is 28.4. The highest BCUT2D eigenvalue weighted by Crippen LogP contribution is 2.26. The number of benzene rings is 2. The molecule has 2 aliphatic carbocycles. The Hall–Kier alpha value is -6.82. The fraction of sp³-hybridized carbons (Fsp3) is 0.333. The van der Waals surface area contributed by atoms with Crippen molar-refractivity contribution in [2.75, 3.05) is 17.7 Å². The summed E-state index contributed by atoms with van der Waals surface area (Å²) < 4.78 is 10.9. The number of carboxylic acids is 1. The number of anilines is 2. The number of nitrogen functional groups attached to an aromatic ring is 1. The number of carbonyl (C=O) groups is 2. The van der Waals surface area contributed by atoms with Gasteiger partial charge in [-0.1, -0.05) is 43.9 Å². The molecule has 5 N–H and O–H groups in total. The second-order valence-electron chi connectivity index (χ2n) is 15.6. The predicted octanol–water partition coefficient (Wildman–Crippen LogP) is 6.03. The molecule has 59 heavy (non-hydrogen) atoms. The van der Waals surface area contributed by atoms with E-state index >= 15 is 0 Å². The minimum atomic E-state index is -1.08. The van der Waals surface area contributed by atoms with E-state index < -0.39 is 14.0 Å². The van der Waals surface area contributed by atoms with Crippen LogP contribution in [0.4, 0.5) is 11.4 Å². The molecule has 304 valence electrons. The number of aromatic nitrogens is 8. The van der Waals surface area contributed by atoms with Gasteiger partial charge < -0.3 is 20.9 Å². The van der Waals surface area contributed by atoms with Crippen molar-refractivity contribution in [1.29, 1.82) is 10.5 Å². The molecule has 4 heterocycles. The van der Waals surface area contributed by atoms with E-state index in [0.29, 0.717) is 48.0 Å². The van der Waals surface area contributed by atoms with Gasteiger partial charge in [0, 0.05) is 49.6 Å². The fourth-order valence-electron chi connectivity index (χ4n) is 6.85. The number of carboxylic acid groups (broad SMARTS) is 1. The lowest BCUT2D eigenvalue weighted by Gasteiger charge is -2.15. The highest BCUT2D eigenvalue weighted by atomic mass is 28.3. The number of fused-ring (bicyclic) bond motifs is 2. The minimum absolute atomic E-state index is 0.210. The number of aromatic carboxylic acids is 1. The number of ether oxygens (including phenoxy) is 1. The Morgan fingerprint density at radius 2 is 1.54 bits per heavy atom. The number of aromatic amines is 1. The standard InChI is InChI=1S/C18H16N6O.C13H22N2O3Si.C11H10N4/c19-8-12-3-1-4-13(7-12)10-24-11-14(9-20-24)21-18(25)17-15-5-2-6-16(15)22-23-17;1-19(2,3)8-7-18-9-15-11-6-4-5-10(11)12(14-15)13(16)17;12-5-9-2-1-3-10(4-9)7-15-8-11(13)6-14-15/h1,3-4,7,9,11H,2,5-6,10H2,(H,21,25)(H,22,23);4-9H2,1-3H3,(H,16,17);1-4,6,8H,7,13H2. The van der Waals surface area contributed by atoms with Gasteiger partial charge in [-0.05, 0) is 80.0 Å². The van der Waals surface area contributed by atoms with Crippen LogP contribution >= 0.6 is 0 Å². The Balaban J connectivity index is 0.000000154. The zero-order chi connectivity index (χ0) is 41.9. The predicted molar refractivity (Wildman–Crippen MR) is 223 cm³/mol. The molecule has 0 saturated carbocycles. The van der Waals surface area contributed by atoms with Gasteiger partial charge in [0.15, 0.2) is 11.4 Å². The smallest absolute Gasteiger partial charge is 0.356 e. The van der Waals surface area contributed by atoms with E-state index in [1.807, 2.05) is 36.4 Å². The van der Waals surface area contributed by atoms with E-state index in [1.165, 1.54) is 0 Å². The first kappa shape index (κ1) is 41.8. The number of nitrogens with zero attached hydrogens (tertiary/aromatic N) is 9. The molecule has 4 aromatic heterocycles. The van der Waals surface area contributed by atoms with E-state index in [4.69, 9.17) is 26.1 Å². The van der Waals surface area contributed by atoms with Gasteiger partial charge in [0.05, 0.1) is 60.1 Å². The van der Waals surface area contributed by atoms with Crippen LogP contribution in [0.1, 0.15) is 78.6 Å². The van der Waals surface area contributed by atoms with Crippen molar-refractivity contribution in [3.05, 3.63) is 129 Å².